The minimum absolute atomic E-state index is 0.218. The first-order valence-corrected chi connectivity index (χ1v) is 6.45. The molecule has 1 aromatic carbocycles. The highest BCUT2D eigenvalue weighted by molar-refractivity contribution is 6.30. The van der Waals surface area contributed by atoms with Crippen LogP contribution in [0, 0.1) is 11.3 Å². The lowest BCUT2D eigenvalue weighted by molar-refractivity contribution is 0.281. The summed E-state index contributed by atoms with van der Waals surface area (Å²) in [5.74, 6) is 0.522. The molecule has 1 aromatic heterocycles. The molecule has 6 heteroatoms. The lowest BCUT2D eigenvalue weighted by Crippen LogP contribution is -2.21. The Morgan fingerprint density at radius 3 is 2.65 bits per heavy atom. The van der Waals surface area contributed by atoms with Crippen molar-refractivity contribution in [3.8, 4) is 6.07 Å². The molecule has 1 N–H and O–H groups in total. The number of nitriles is 1. The van der Waals surface area contributed by atoms with Crippen molar-refractivity contribution in [2.75, 3.05) is 11.4 Å². The molecule has 0 aliphatic carbocycles. The van der Waals surface area contributed by atoms with Crippen LogP contribution in [0.15, 0.2) is 36.7 Å². The largest absolute Gasteiger partial charge is 0.391 e. The monoisotopic (exact) mass is 288 g/mol. The molecule has 102 valence electrons. The lowest BCUT2D eigenvalue weighted by Gasteiger charge is -2.24. The van der Waals surface area contributed by atoms with Gasteiger partial charge in [-0.3, -0.25) is 0 Å². The summed E-state index contributed by atoms with van der Waals surface area (Å²) in [6, 6.07) is 11.6. The van der Waals surface area contributed by atoms with E-state index in [4.69, 9.17) is 16.9 Å². The number of para-hydroxylation sites is 1. The quantitative estimate of drug-likeness (QED) is 0.856. The Hall–Kier alpha value is -2.16. The zero-order chi connectivity index (χ0) is 14.4. The molecule has 0 amide bonds. The zero-order valence-electron chi connectivity index (χ0n) is 10.7. The molecule has 0 spiro atoms. The van der Waals surface area contributed by atoms with E-state index in [2.05, 4.69) is 16.0 Å². The fourth-order valence-electron chi connectivity index (χ4n) is 1.88. The number of aliphatic hydroxyl groups excluding tert-OH is 1. The Morgan fingerprint density at radius 2 is 2.00 bits per heavy atom. The second-order valence-electron chi connectivity index (χ2n) is 4.02. The number of nitrogens with zero attached hydrogens (tertiary/aromatic N) is 4. The van der Waals surface area contributed by atoms with Gasteiger partial charge in [-0.25, -0.2) is 9.97 Å². The molecule has 20 heavy (non-hydrogen) atoms. The molecule has 2 rings (SSSR count). The molecule has 0 aliphatic rings. The highest BCUT2D eigenvalue weighted by Crippen LogP contribution is 2.29. The molecular formula is C14H13ClN4O. The van der Waals surface area contributed by atoms with Gasteiger partial charge in [0, 0.05) is 12.2 Å². The van der Waals surface area contributed by atoms with Gasteiger partial charge in [0.25, 0.3) is 0 Å². The standard InChI is InChI=1S/C14H13ClN4O/c15-13-12(9-20)14(18-10-17-13)19(8-4-7-16)11-5-2-1-3-6-11/h1-3,5-6,10,20H,4,8-9H2. The normalized spacial score (nSPS) is 10.1. The third-order valence-corrected chi connectivity index (χ3v) is 3.12. The molecule has 0 bridgehead atoms. The van der Waals surface area contributed by atoms with Gasteiger partial charge in [0.1, 0.15) is 17.3 Å². The van der Waals surface area contributed by atoms with Gasteiger partial charge in [-0.1, -0.05) is 29.8 Å². The average molecular weight is 289 g/mol. The lowest BCUT2D eigenvalue weighted by atomic mass is 10.2. The van der Waals surface area contributed by atoms with E-state index in [9.17, 15) is 5.11 Å². The smallest absolute Gasteiger partial charge is 0.143 e. The first kappa shape index (κ1) is 14.3. The van der Waals surface area contributed by atoms with E-state index in [1.165, 1.54) is 6.33 Å². The number of halogens is 1. The van der Waals surface area contributed by atoms with Crippen LogP contribution in [-0.4, -0.2) is 21.6 Å². The summed E-state index contributed by atoms with van der Waals surface area (Å²) < 4.78 is 0. The van der Waals surface area contributed by atoms with Gasteiger partial charge < -0.3 is 10.0 Å². The van der Waals surface area contributed by atoms with E-state index in [0.29, 0.717) is 24.3 Å². The maximum atomic E-state index is 9.46. The molecule has 0 unspecified atom stereocenters. The maximum Gasteiger partial charge on any atom is 0.143 e. The summed E-state index contributed by atoms with van der Waals surface area (Å²) >= 11 is 5.99. The van der Waals surface area contributed by atoms with Crippen molar-refractivity contribution >= 4 is 23.1 Å². The number of aliphatic hydroxyl groups is 1. The fraction of sp³-hybridized carbons (Fsp3) is 0.214. The molecule has 2 aromatic rings. The van der Waals surface area contributed by atoms with Crippen LogP contribution < -0.4 is 4.90 Å². The molecule has 0 saturated carbocycles. The van der Waals surface area contributed by atoms with Crippen LogP contribution in [0.25, 0.3) is 0 Å². The van der Waals surface area contributed by atoms with Crippen LogP contribution in [0.4, 0.5) is 11.5 Å². The molecule has 1 heterocycles. The summed E-state index contributed by atoms with van der Waals surface area (Å²) in [7, 11) is 0. The predicted octanol–water partition coefficient (Wildman–Crippen LogP) is 2.67. The van der Waals surface area contributed by atoms with E-state index in [1.54, 1.807) is 0 Å². The summed E-state index contributed by atoms with van der Waals surface area (Å²) in [6.07, 6.45) is 1.68. The first-order chi connectivity index (χ1) is 9.77. The number of rotatable bonds is 5. The number of hydrogen-bond donors (Lipinski definition) is 1. The predicted molar refractivity (Wildman–Crippen MR) is 76.6 cm³/mol. The average Bonchev–Trinajstić information content (AvgIpc) is 2.49. The SMILES string of the molecule is N#CCCN(c1ccccc1)c1ncnc(Cl)c1CO. The Balaban J connectivity index is 2.47. The van der Waals surface area contributed by atoms with Crippen LogP contribution in [0.1, 0.15) is 12.0 Å². The van der Waals surface area contributed by atoms with Crippen molar-refractivity contribution in [1.82, 2.24) is 9.97 Å². The van der Waals surface area contributed by atoms with Crippen molar-refractivity contribution in [3.05, 3.63) is 47.4 Å². The van der Waals surface area contributed by atoms with E-state index in [0.717, 1.165) is 5.69 Å². The Kier molecular flexibility index (Phi) is 4.88. The topological polar surface area (TPSA) is 73.0 Å². The minimum Gasteiger partial charge on any atom is -0.391 e. The van der Waals surface area contributed by atoms with Gasteiger partial charge >= 0.3 is 0 Å². The van der Waals surface area contributed by atoms with Gasteiger partial charge in [-0.05, 0) is 12.1 Å². The van der Waals surface area contributed by atoms with Crippen LogP contribution in [0.3, 0.4) is 0 Å². The molecule has 5 nitrogen and oxygen atoms in total. The number of hydrogen-bond acceptors (Lipinski definition) is 5. The van der Waals surface area contributed by atoms with E-state index in [1.807, 2.05) is 35.2 Å². The third-order valence-electron chi connectivity index (χ3n) is 2.80. The molecular weight excluding hydrogens is 276 g/mol. The first-order valence-electron chi connectivity index (χ1n) is 6.07. The molecule has 0 aliphatic heterocycles. The Labute approximate surface area is 122 Å². The van der Waals surface area contributed by atoms with Crippen LogP contribution in [0.2, 0.25) is 5.15 Å². The summed E-state index contributed by atoms with van der Waals surface area (Å²) in [6.45, 7) is 0.200. The third kappa shape index (κ3) is 3.05. The van der Waals surface area contributed by atoms with Gasteiger partial charge in [-0.15, -0.1) is 0 Å². The molecule has 0 fully saturated rings. The van der Waals surface area contributed by atoms with Crippen molar-refractivity contribution < 1.29 is 5.11 Å². The Bertz CT molecular complexity index is 612. The van der Waals surface area contributed by atoms with Gasteiger partial charge in [-0.2, -0.15) is 5.26 Å². The zero-order valence-corrected chi connectivity index (χ0v) is 11.5. The van der Waals surface area contributed by atoms with Crippen LogP contribution >= 0.6 is 11.6 Å². The maximum absolute atomic E-state index is 9.46. The van der Waals surface area contributed by atoms with Crippen molar-refractivity contribution in [1.29, 1.82) is 5.26 Å². The summed E-state index contributed by atoms with van der Waals surface area (Å²) in [5.41, 5.74) is 1.34. The molecule has 0 saturated heterocycles. The van der Waals surface area contributed by atoms with E-state index in [-0.39, 0.29) is 11.8 Å². The molecule has 0 atom stereocenters. The highest BCUT2D eigenvalue weighted by Gasteiger charge is 2.17. The summed E-state index contributed by atoms with van der Waals surface area (Å²) in [4.78, 5) is 9.92. The number of aromatic nitrogens is 2. The van der Waals surface area contributed by atoms with Crippen molar-refractivity contribution in [3.63, 3.8) is 0 Å². The van der Waals surface area contributed by atoms with Crippen molar-refractivity contribution in [2.45, 2.75) is 13.0 Å². The minimum atomic E-state index is -0.259. The van der Waals surface area contributed by atoms with E-state index >= 15 is 0 Å². The number of benzene rings is 1. The van der Waals surface area contributed by atoms with Crippen molar-refractivity contribution in [2.24, 2.45) is 0 Å². The van der Waals surface area contributed by atoms with Gasteiger partial charge in [0.15, 0.2) is 0 Å². The van der Waals surface area contributed by atoms with Gasteiger partial charge in [0.2, 0.25) is 0 Å². The second kappa shape index (κ2) is 6.85. The van der Waals surface area contributed by atoms with Crippen LogP contribution in [0.5, 0.6) is 0 Å². The molecule has 0 radical (unpaired) electrons. The van der Waals surface area contributed by atoms with Gasteiger partial charge in [0.05, 0.1) is 24.7 Å². The summed E-state index contributed by atoms with van der Waals surface area (Å²) in [5, 5.41) is 18.5. The number of anilines is 2. The van der Waals surface area contributed by atoms with Crippen LogP contribution in [-0.2, 0) is 6.61 Å². The Morgan fingerprint density at radius 1 is 1.25 bits per heavy atom. The highest BCUT2D eigenvalue weighted by atomic mass is 35.5. The second-order valence-corrected chi connectivity index (χ2v) is 4.38. The fourth-order valence-corrected chi connectivity index (χ4v) is 2.07. The van der Waals surface area contributed by atoms with E-state index < -0.39 is 0 Å².